The molecular weight excluding hydrogens is 296 g/mol. The van der Waals surface area contributed by atoms with Crippen LogP contribution in [0.1, 0.15) is 39.3 Å². The Bertz CT molecular complexity index is 750. The Morgan fingerprint density at radius 2 is 1.96 bits per heavy atom. The van der Waals surface area contributed by atoms with E-state index in [2.05, 4.69) is 50.2 Å². The van der Waals surface area contributed by atoms with Crippen LogP contribution in [0.25, 0.3) is 11.8 Å². The topological polar surface area (TPSA) is 27.1 Å². The van der Waals surface area contributed by atoms with Crippen molar-refractivity contribution < 1.29 is 4.74 Å². The lowest BCUT2D eigenvalue weighted by molar-refractivity contribution is 0.256. The summed E-state index contributed by atoms with van der Waals surface area (Å²) >= 11 is 0. The molecule has 1 heterocycles. The quantitative estimate of drug-likeness (QED) is 0.716. The first-order valence-corrected chi connectivity index (χ1v) is 8.54. The summed E-state index contributed by atoms with van der Waals surface area (Å²) < 4.78 is 7.10. The first kappa shape index (κ1) is 16.6. The molecule has 2 aromatic rings. The second-order valence-electron chi connectivity index (χ2n) is 7.20. The first-order chi connectivity index (χ1) is 11.5. The molecule has 1 aliphatic rings. The predicted molar refractivity (Wildman–Crippen MR) is 99.4 cm³/mol. The zero-order valence-electron chi connectivity index (χ0n) is 15.0. The summed E-state index contributed by atoms with van der Waals surface area (Å²) in [6, 6.07) is 9.97. The second kappa shape index (κ2) is 6.68. The number of methoxy groups -OCH3 is 1. The molecule has 0 saturated heterocycles. The van der Waals surface area contributed by atoms with Gasteiger partial charge in [-0.25, -0.2) is 4.68 Å². The minimum absolute atomic E-state index is 0.313. The number of rotatable bonds is 4. The highest BCUT2D eigenvalue weighted by Crippen LogP contribution is 2.41. The van der Waals surface area contributed by atoms with Gasteiger partial charge in [-0.15, -0.1) is 0 Å². The highest BCUT2D eigenvalue weighted by Gasteiger charge is 2.30. The Balaban J connectivity index is 1.78. The van der Waals surface area contributed by atoms with Crippen LogP contribution in [0.2, 0.25) is 0 Å². The van der Waals surface area contributed by atoms with Gasteiger partial charge in [0.2, 0.25) is 0 Å². The number of ether oxygens (including phenoxy) is 1. The average molecular weight is 322 g/mol. The van der Waals surface area contributed by atoms with Gasteiger partial charge in [0.15, 0.2) is 0 Å². The van der Waals surface area contributed by atoms with Crippen LogP contribution in [0.4, 0.5) is 0 Å². The van der Waals surface area contributed by atoms with E-state index in [4.69, 9.17) is 4.74 Å². The zero-order valence-corrected chi connectivity index (χ0v) is 15.0. The van der Waals surface area contributed by atoms with Crippen LogP contribution in [0, 0.1) is 11.3 Å². The molecule has 1 aliphatic carbocycles. The van der Waals surface area contributed by atoms with Gasteiger partial charge in [0.05, 0.1) is 18.5 Å². The molecule has 3 nitrogen and oxygen atoms in total. The van der Waals surface area contributed by atoms with Crippen molar-refractivity contribution in [1.29, 1.82) is 0 Å². The van der Waals surface area contributed by atoms with E-state index < -0.39 is 0 Å². The van der Waals surface area contributed by atoms with Crippen LogP contribution in [0.5, 0.6) is 5.75 Å². The SMILES string of the molecule is COc1ccc(-n2ccc(/C=C/C3C(C)=CCCC3(C)C)n2)cc1. The number of allylic oxidation sites excluding steroid dienone is 3. The largest absolute Gasteiger partial charge is 0.497 e. The second-order valence-corrected chi connectivity index (χ2v) is 7.20. The maximum absolute atomic E-state index is 5.20. The molecular formula is C21H26N2O. The molecule has 0 amide bonds. The predicted octanol–water partition coefficient (Wildman–Crippen LogP) is 5.28. The van der Waals surface area contributed by atoms with E-state index in [1.165, 1.54) is 18.4 Å². The minimum Gasteiger partial charge on any atom is -0.497 e. The molecule has 3 heteroatoms. The van der Waals surface area contributed by atoms with Gasteiger partial charge in [-0.05, 0) is 61.6 Å². The molecule has 3 rings (SSSR count). The number of benzene rings is 1. The summed E-state index contributed by atoms with van der Waals surface area (Å²) in [4.78, 5) is 0. The fourth-order valence-electron chi connectivity index (χ4n) is 3.48. The van der Waals surface area contributed by atoms with E-state index in [1.807, 2.05) is 35.1 Å². The number of hydrogen-bond donors (Lipinski definition) is 0. The van der Waals surface area contributed by atoms with Gasteiger partial charge in [-0.1, -0.05) is 31.6 Å². The standard InChI is InChI=1S/C21H26N2O/c1-16-6-5-14-21(2,3)20(16)12-7-17-13-15-23(22-17)18-8-10-19(24-4)11-9-18/h6-13,15,20H,5,14H2,1-4H3/b12-7+. The minimum atomic E-state index is 0.313. The van der Waals surface area contributed by atoms with E-state index in [0.29, 0.717) is 11.3 Å². The summed E-state index contributed by atoms with van der Waals surface area (Å²) in [5.74, 6) is 1.34. The molecule has 0 aliphatic heterocycles. The van der Waals surface area contributed by atoms with Crippen molar-refractivity contribution in [2.75, 3.05) is 7.11 Å². The Hall–Kier alpha value is -2.29. The molecule has 0 radical (unpaired) electrons. The van der Waals surface area contributed by atoms with E-state index in [9.17, 15) is 0 Å². The van der Waals surface area contributed by atoms with E-state index in [0.717, 1.165) is 17.1 Å². The van der Waals surface area contributed by atoms with Gasteiger partial charge >= 0.3 is 0 Å². The van der Waals surface area contributed by atoms with E-state index >= 15 is 0 Å². The zero-order chi connectivity index (χ0) is 17.2. The highest BCUT2D eigenvalue weighted by molar-refractivity contribution is 5.47. The molecule has 1 unspecified atom stereocenters. The van der Waals surface area contributed by atoms with Crippen molar-refractivity contribution in [2.45, 2.75) is 33.6 Å². The van der Waals surface area contributed by atoms with E-state index in [-0.39, 0.29) is 0 Å². The van der Waals surface area contributed by atoms with Crippen molar-refractivity contribution >= 4 is 6.08 Å². The molecule has 0 spiro atoms. The van der Waals surface area contributed by atoms with Crippen LogP contribution in [-0.2, 0) is 0 Å². The summed E-state index contributed by atoms with van der Waals surface area (Å²) in [6.45, 7) is 6.95. The summed E-state index contributed by atoms with van der Waals surface area (Å²) in [5, 5.41) is 4.66. The normalized spacial score (nSPS) is 20.2. The Kier molecular flexibility index (Phi) is 4.61. The van der Waals surface area contributed by atoms with E-state index in [1.54, 1.807) is 7.11 Å². The third-order valence-electron chi connectivity index (χ3n) is 4.99. The maximum atomic E-state index is 5.20. The first-order valence-electron chi connectivity index (χ1n) is 8.54. The lowest BCUT2D eigenvalue weighted by atomic mass is 9.68. The molecule has 0 N–H and O–H groups in total. The van der Waals surface area contributed by atoms with Gasteiger partial charge in [0, 0.05) is 12.1 Å². The fourth-order valence-corrected chi connectivity index (χ4v) is 3.48. The van der Waals surface area contributed by atoms with Crippen LogP contribution >= 0.6 is 0 Å². The molecule has 24 heavy (non-hydrogen) atoms. The lowest BCUT2D eigenvalue weighted by Crippen LogP contribution is -2.26. The van der Waals surface area contributed by atoms with Crippen molar-refractivity contribution in [3.8, 4) is 11.4 Å². The number of nitrogens with zero attached hydrogens (tertiary/aromatic N) is 2. The number of hydrogen-bond acceptors (Lipinski definition) is 2. The molecule has 1 atom stereocenters. The molecule has 0 saturated carbocycles. The van der Waals surface area contributed by atoms with Crippen LogP contribution in [-0.4, -0.2) is 16.9 Å². The average Bonchev–Trinajstić information content (AvgIpc) is 3.03. The molecule has 1 aromatic heterocycles. The summed E-state index contributed by atoms with van der Waals surface area (Å²) in [6.07, 6.45) is 11.3. The molecule has 0 bridgehead atoms. The smallest absolute Gasteiger partial charge is 0.119 e. The summed E-state index contributed by atoms with van der Waals surface area (Å²) in [5.41, 5.74) is 3.80. The fraction of sp³-hybridized carbons (Fsp3) is 0.381. The Morgan fingerprint density at radius 1 is 1.21 bits per heavy atom. The maximum Gasteiger partial charge on any atom is 0.119 e. The van der Waals surface area contributed by atoms with Crippen LogP contribution in [0.3, 0.4) is 0 Å². The van der Waals surface area contributed by atoms with Crippen molar-refractivity contribution in [3.63, 3.8) is 0 Å². The lowest BCUT2D eigenvalue weighted by Gasteiger charge is -2.36. The molecule has 0 fully saturated rings. The third-order valence-corrected chi connectivity index (χ3v) is 4.99. The Morgan fingerprint density at radius 3 is 2.62 bits per heavy atom. The van der Waals surface area contributed by atoms with Crippen LogP contribution in [0.15, 0.2) is 54.3 Å². The van der Waals surface area contributed by atoms with Gasteiger partial charge in [-0.3, -0.25) is 0 Å². The van der Waals surface area contributed by atoms with Crippen molar-refractivity contribution in [3.05, 3.63) is 59.9 Å². The highest BCUT2D eigenvalue weighted by atomic mass is 16.5. The molecule has 126 valence electrons. The van der Waals surface area contributed by atoms with Crippen molar-refractivity contribution in [1.82, 2.24) is 9.78 Å². The van der Waals surface area contributed by atoms with Gasteiger partial charge in [0.1, 0.15) is 5.75 Å². The van der Waals surface area contributed by atoms with Crippen LogP contribution < -0.4 is 4.74 Å². The monoisotopic (exact) mass is 322 g/mol. The van der Waals surface area contributed by atoms with Gasteiger partial charge in [0.25, 0.3) is 0 Å². The van der Waals surface area contributed by atoms with Gasteiger partial charge in [-0.2, -0.15) is 5.10 Å². The van der Waals surface area contributed by atoms with Crippen molar-refractivity contribution in [2.24, 2.45) is 11.3 Å². The number of aromatic nitrogens is 2. The Labute approximate surface area is 144 Å². The summed E-state index contributed by atoms with van der Waals surface area (Å²) in [7, 11) is 1.68. The van der Waals surface area contributed by atoms with Gasteiger partial charge < -0.3 is 4.74 Å². The molecule has 1 aromatic carbocycles. The third kappa shape index (κ3) is 3.45.